The molecule has 0 heterocycles. The molecule has 0 atom stereocenters. The summed E-state index contributed by atoms with van der Waals surface area (Å²) >= 11 is 24.7. The standard InChI is InChI=1S/C14H10Cl4/c1-7-3-13(17)9(5-11(7)15)10-6-12(16)8(2)4-14(10)18/h3-6H,1-2H3. The topological polar surface area (TPSA) is 0 Å². The highest BCUT2D eigenvalue weighted by Crippen LogP contribution is 2.38. The molecule has 0 N–H and O–H groups in total. The lowest BCUT2D eigenvalue weighted by Crippen LogP contribution is -1.86. The minimum atomic E-state index is 0.610. The Labute approximate surface area is 126 Å². The molecule has 4 heteroatoms. The van der Waals surface area contributed by atoms with E-state index in [-0.39, 0.29) is 0 Å². The fourth-order valence-corrected chi connectivity index (χ4v) is 2.67. The molecule has 2 rings (SSSR count). The van der Waals surface area contributed by atoms with E-state index >= 15 is 0 Å². The van der Waals surface area contributed by atoms with Gasteiger partial charge >= 0.3 is 0 Å². The first-order valence-electron chi connectivity index (χ1n) is 5.32. The number of rotatable bonds is 1. The highest BCUT2D eigenvalue weighted by atomic mass is 35.5. The molecular weight excluding hydrogens is 310 g/mol. The molecule has 2 aromatic carbocycles. The van der Waals surface area contributed by atoms with Crippen LogP contribution in [-0.2, 0) is 0 Å². The third-order valence-corrected chi connectivity index (χ3v) is 4.23. The summed E-state index contributed by atoms with van der Waals surface area (Å²) in [6, 6.07) is 7.27. The molecule has 0 aliphatic carbocycles. The summed E-state index contributed by atoms with van der Waals surface area (Å²) in [4.78, 5) is 0. The van der Waals surface area contributed by atoms with Crippen LogP contribution < -0.4 is 0 Å². The van der Waals surface area contributed by atoms with Gasteiger partial charge in [-0.2, -0.15) is 0 Å². The van der Waals surface area contributed by atoms with Crippen LogP contribution in [0.4, 0.5) is 0 Å². The van der Waals surface area contributed by atoms with Crippen LogP contribution in [0.2, 0.25) is 20.1 Å². The summed E-state index contributed by atoms with van der Waals surface area (Å²) in [5.74, 6) is 0. The molecule has 0 aliphatic heterocycles. The van der Waals surface area contributed by atoms with E-state index in [1.54, 1.807) is 0 Å². The number of benzene rings is 2. The van der Waals surface area contributed by atoms with Crippen molar-refractivity contribution in [1.82, 2.24) is 0 Å². The SMILES string of the molecule is Cc1cc(Cl)c(-c2cc(Cl)c(C)cc2Cl)cc1Cl. The maximum Gasteiger partial charge on any atom is 0.0488 e. The van der Waals surface area contributed by atoms with Gasteiger partial charge in [0.1, 0.15) is 0 Å². The van der Waals surface area contributed by atoms with Crippen molar-refractivity contribution in [2.75, 3.05) is 0 Å². The van der Waals surface area contributed by atoms with E-state index in [0.717, 1.165) is 22.3 Å². The molecule has 0 fully saturated rings. The number of hydrogen-bond donors (Lipinski definition) is 0. The largest absolute Gasteiger partial charge is 0.0840 e. The van der Waals surface area contributed by atoms with Gasteiger partial charge in [0.25, 0.3) is 0 Å². The maximum atomic E-state index is 6.24. The Morgan fingerprint density at radius 2 is 0.889 bits per heavy atom. The van der Waals surface area contributed by atoms with Gasteiger partial charge in [0.2, 0.25) is 0 Å². The second-order valence-electron chi connectivity index (χ2n) is 4.16. The maximum absolute atomic E-state index is 6.24. The van der Waals surface area contributed by atoms with Crippen LogP contribution in [0.15, 0.2) is 24.3 Å². The van der Waals surface area contributed by atoms with E-state index in [9.17, 15) is 0 Å². The molecule has 0 aromatic heterocycles. The first kappa shape index (κ1) is 14.0. The Morgan fingerprint density at radius 3 is 1.22 bits per heavy atom. The van der Waals surface area contributed by atoms with Crippen molar-refractivity contribution in [2.24, 2.45) is 0 Å². The monoisotopic (exact) mass is 318 g/mol. The van der Waals surface area contributed by atoms with Crippen molar-refractivity contribution in [3.63, 3.8) is 0 Å². The van der Waals surface area contributed by atoms with Crippen LogP contribution in [0.1, 0.15) is 11.1 Å². The van der Waals surface area contributed by atoms with Gasteiger partial charge in [0.05, 0.1) is 0 Å². The van der Waals surface area contributed by atoms with Crippen molar-refractivity contribution in [2.45, 2.75) is 13.8 Å². The van der Waals surface area contributed by atoms with Gasteiger partial charge in [0, 0.05) is 31.2 Å². The number of hydrogen-bond acceptors (Lipinski definition) is 0. The smallest absolute Gasteiger partial charge is 0.0488 e. The number of aryl methyl sites for hydroxylation is 2. The molecule has 0 aliphatic rings. The Balaban J connectivity index is 2.69. The zero-order valence-corrected chi connectivity index (χ0v) is 12.8. The average molecular weight is 320 g/mol. The second-order valence-corrected chi connectivity index (χ2v) is 5.79. The molecule has 2 aromatic rings. The lowest BCUT2D eigenvalue weighted by molar-refractivity contribution is 1.44. The average Bonchev–Trinajstić information content (AvgIpc) is 2.29. The molecule has 0 bridgehead atoms. The summed E-state index contributed by atoms with van der Waals surface area (Å²) in [5, 5.41) is 2.53. The van der Waals surface area contributed by atoms with Crippen LogP contribution in [0.25, 0.3) is 11.1 Å². The molecule has 18 heavy (non-hydrogen) atoms. The van der Waals surface area contributed by atoms with Crippen molar-refractivity contribution < 1.29 is 0 Å². The molecule has 0 unspecified atom stereocenters. The van der Waals surface area contributed by atoms with Crippen molar-refractivity contribution in [1.29, 1.82) is 0 Å². The Kier molecular flexibility index (Phi) is 4.13. The minimum Gasteiger partial charge on any atom is -0.0840 e. The van der Waals surface area contributed by atoms with Crippen LogP contribution in [0.3, 0.4) is 0 Å². The molecule has 94 valence electrons. The Hall–Kier alpha value is -0.400. The summed E-state index contributed by atoms with van der Waals surface area (Å²) in [7, 11) is 0. The highest BCUT2D eigenvalue weighted by molar-refractivity contribution is 6.39. The predicted molar refractivity (Wildman–Crippen MR) is 81.4 cm³/mol. The fraction of sp³-hybridized carbons (Fsp3) is 0.143. The van der Waals surface area contributed by atoms with Crippen molar-refractivity contribution >= 4 is 46.4 Å². The number of halogens is 4. The molecule has 0 radical (unpaired) electrons. The summed E-state index contributed by atoms with van der Waals surface area (Å²) in [6.07, 6.45) is 0. The van der Waals surface area contributed by atoms with Gasteiger partial charge in [-0.3, -0.25) is 0 Å². The highest BCUT2D eigenvalue weighted by Gasteiger charge is 2.12. The summed E-state index contributed by atoms with van der Waals surface area (Å²) in [6.45, 7) is 3.81. The van der Waals surface area contributed by atoms with Gasteiger partial charge in [-0.15, -0.1) is 0 Å². The normalized spacial score (nSPS) is 10.8. The van der Waals surface area contributed by atoms with Gasteiger partial charge in [-0.05, 0) is 49.2 Å². The van der Waals surface area contributed by atoms with E-state index in [1.807, 2.05) is 38.1 Å². The van der Waals surface area contributed by atoms with E-state index in [2.05, 4.69) is 0 Å². The van der Waals surface area contributed by atoms with Gasteiger partial charge in [0.15, 0.2) is 0 Å². The van der Waals surface area contributed by atoms with Gasteiger partial charge in [-0.1, -0.05) is 46.4 Å². The van der Waals surface area contributed by atoms with Crippen LogP contribution in [0, 0.1) is 13.8 Å². The van der Waals surface area contributed by atoms with Crippen LogP contribution in [-0.4, -0.2) is 0 Å². The molecular formula is C14H10Cl4. The zero-order chi connectivity index (χ0) is 13.4. The third-order valence-electron chi connectivity index (χ3n) is 2.79. The third kappa shape index (κ3) is 2.62. The lowest BCUT2D eigenvalue weighted by Gasteiger charge is -2.11. The zero-order valence-electron chi connectivity index (χ0n) is 9.82. The second kappa shape index (κ2) is 5.30. The van der Waals surface area contributed by atoms with Gasteiger partial charge < -0.3 is 0 Å². The Morgan fingerprint density at radius 1 is 0.556 bits per heavy atom. The predicted octanol–water partition coefficient (Wildman–Crippen LogP) is 6.58. The van der Waals surface area contributed by atoms with E-state index in [0.29, 0.717) is 20.1 Å². The van der Waals surface area contributed by atoms with Crippen LogP contribution >= 0.6 is 46.4 Å². The van der Waals surface area contributed by atoms with E-state index in [1.165, 1.54) is 0 Å². The molecule has 0 saturated carbocycles. The van der Waals surface area contributed by atoms with Crippen molar-refractivity contribution in [3.8, 4) is 11.1 Å². The lowest BCUT2D eigenvalue weighted by atomic mass is 10.0. The van der Waals surface area contributed by atoms with Gasteiger partial charge in [-0.25, -0.2) is 0 Å². The summed E-state index contributed by atoms with van der Waals surface area (Å²) < 4.78 is 0. The van der Waals surface area contributed by atoms with E-state index in [4.69, 9.17) is 46.4 Å². The van der Waals surface area contributed by atoms with Crippen molar-refractivity contribution in [3.05, 3.63) is 55.5 Å². The molecule has 0 nitrogen and oxygen atoms in total. The molecule has 0 saturated heterocycles. The molecule has 0 spiro atoms. The fourth-order valence-electron chi connectivity index (χ4n) is 1.71. The first-order chi connectivity index (χ1) is 8.40. The van der Waals surface area contributed by atoms with E-state index < -0.39 is 0 Å². The summed E-state index contributed by atoms with van der Waals surface area (Å²) in [5.41, 5.74) is 3.44. The minimum absolute atomic E-state index is 0.610. The first-order valence-corrected chi connectivity index (χ1v) is 6.83. The quantitative estimate of drug-likeness (QED) is 0.556. The van der Waals surface area contributed by atoms with Crippen LogP contribution in [0.5, 0.6) is 0 Å². The Bertz CT molecular complexity index is 562. The molecule has 0 amide bonds.